The molecule has 1 aliphatic heterocycles. The highest BCUT2D eigenvalue weighted by atomic mass is 16.2. The van der Waals surface area contributed by atoms with Crippen LogP contribution in [0.5, 0.6) is 0 Å². The summed E-state index contributed by atoms with van der Waals surface area (Å²) in [5.41, 5.74) is 0.865. The molecule has 6 nitrogen and oxygen atoms in total. The number of nitrogens with one attached hydrogen (secondary N) is 2. The van der Waals surface area contributed by atoms with Crippen molar-refractivity contribution in [2.75, 3.05) is 11.9 Å². The Hall–Kier alpha value is -2.37. The Morgan fingerprint density at radius 3 is 2.88 bits per heavy atom. The number of hydrogen-bond donors (Lipinski definition) is 2. The van der Waals surface area contributed by atoms with Crippen LogP contribution >= 0.6 is 0 Å². The number of amides is 4. The summed E-state index contributed by atoms with van der Waals surface area (Å²) in [7, 11) is 0. The summed E-state index contributed by atoms with van der Waals surface area (Å²) in [6.45, 7) is 3.67. The molecule has 0 aromatic heterocycles. The quantitative estimate of drug-likeness (QED) is 0.836. The second kappa shape index (κ2) is 6.26. The van der Waals surface area contributed by atoms with Crippen LogP contribution in [0.15, 0.2) is 24.3 Å². The monoisotopic (exact) mass is 329 g/mol. The van der Waals surface area contributed by atoms with E-state index in [1.165, 1.54) is 0 Å². The number of urea groups is 1. The third-order valence-electron chi connectivity index (χ3n) is 5.10. The normalized spacial score (nSPS) is 26.6. The summed E-state index contributed by atoms with van der Waals surface area (Å²) in [4.78, 5) is 38.4. The zero-order chi connectivity index (χ0) is 17.3. The number of rotatable bonds is 3. The summed E-state index contributed by atoms with van der Waals surface area (Å²) >= 11 is 0. The maximum atomic E-state index is 12.8. The number of carbonyl (C=O) groups excluding carboxylic acids is 3. The molecular formula is C18H23N3O3. The molecule has 1 aliphatic carbocycles. The molecule has 0 bridgehead atoms. The SMILES string of the molecule is Cc1cccc(NC(=O)CN2C(=O)N[C@@]3(CCCC[C@@H]3C)C2=O)c1. The molecule has 0 unspecified atom stereocenters. The van der Waals surface area contributed by atoms with Gasteiger partial charge in [0.2, 0.25) is 5.91 Å². The van der Waals surface area contributed by atoms with E-state index in [0.717, 1.165) is 29.7 Å². The molecule has 2 aliphatic rings. The molecule has 2 N–H and O–H groups in total. The van der Waals surface area contributed by atoms with E-state index in [0.29, 0.717) is 12.1 Å². The molecule has 1 saturated carbocycles. The Morgan fingerprint density at radius 2 is 2.17 bits per heavy atom. The van der Waals surface area contributed by atoms with E-state index in [9.17, 15) is 14.4 Å². The highest BCUT2D eigenvalue weighted by molar-refractivity contribution is 6.10. The second-order valence-electron chi connectivity index (χ2n) is 6.86. The van der Waals surface area contributed by atoms with Gasteiger partial charge in [0, 0.05) is 5.69 Å². The predicted octanol–water partition coefficient (Wildman–Crippen LogP) is 2.43. The van der Waals surface area contributed by atoms with Gasteiger partial charge in [-0.25, -0.2) is 4.79 Å². The number of nitrogens with zero attached hydrogens (tertiary/aromatic N) is 1. The fourth-order valence-corrected chi connectivity index (χ4v) is 3.71. The lowest BCUT2D eigenvalue weighted by Gasteiger charge is -2.36. The number of aryl methyl sites for hydroxylation is 1. The van der Waals surface area contributed by atoms with Crippen LogP contribution in [0.3, 0.4) is 0 Å². The average molecular weight is 329 g/mol. The number of benzene rings is 1. The molecule has 1 aromatic rings. The lowest BCUT2D eigenvalue weighted by molar-refractivity contribution is -0.136. The van der Waals surface area contributed by atoms with Crippen LogP contribution in [0, 0.1) is 12.8 Å². The van der Waals surface area contributed by atoms with Crippen LogP contribution in [0.1, 0.15) is 38.2 Å². The number of imide groups is 1. The van der Waals surface area contributed by atoms with Crippen LogP contribution in [-0.2, 0) is 9.59 Å². The van der Waals surface area contributed by atoms with E-state index in [2.05, 4.69) is 10.6 Å². The Bertz CT molecular complexity index is 688. The van der Waals surface area contributed by atoms with E-state index in [-0.39, 0.29) is 24.3 Å². The minimum atomic E-state index is -0.820. The lowest BCUT2D eigenvalue weighted by Crippen LogP contribution is -2.54. The van der Waals surface area contributed by atoms with Crippen molar-refractivity contribution >= 4 is 23.5 Å². The van der Waals surface area contributed by atoms with E-state index in [1.807, 2.05) is 32.0 Å². The number of hydrogen-bond acceptors (Lipinski definition) is 3. The van der Waals surface area contributed by atoms with Crippen LogP contribution in [-0.4, -0.2) is 34.8 Å². The van der Waals surface area contributed by atoms with Gasteiger partial charge in [-0.05, 0) is 43.4 Å². The first kappa shape index (κ1) is 16.5. The van der Waals surface area contributed by atoms with Gasteiger partial charge in [-0.2, -0.15) is 0 Å². The average Bonchev–Trinajstić information content (AvgIpc) is 2.75. The number of carbonyl (C=O) groups is 3. The topological polar surface area (TPSA) is 78.5 Å². The smallest absolute Gasteiger partial charge is 0.325 e. The number of anilines is 1. The lowest BCUT2D eigenvalue weighted by atomic mass is 9.73. The van der Waals surface area contributed by atoms with E-state index >= 15 is 0 Å². The molecule has 1 heterocycles. The molecule has 2 fully saturated rings. The molecule has 0 radical (unpaired) electrons. The molecule has 2 atom stereocenters. The summed E-state index contributed by atoms with van der Waals surface area (Å²) in [5, 5.41) is 5.60. The molecule has 1 aromatic carbocycles. The Morgan fingerprint density at radius 1 is 1.38 bits per heavy atom. The first-order valence-electron chi connectivity index (χ1n) is 8.43. The Kier molecular flexibility index (Phi) is 4.30. The highest BCUT2D eigenvalue weighted by Gasteiger charge is 2.55. The zero-order valence-electron chi connectivity index (χ0n) is 14.1. The van der Waals surface area contributed by atoms with Gasteiger partial charge < -0.3 is 10.6 Å². The van der Waals surface area contributed by atoms with Crippen molar-refractivity contribution in [1.82, 2.24) is 10.2 Å². The van der Waals surface area contributed by atoms with Gasteiger partial charge in [0.05, 0.1) is 0 Å². The molecular weight excluding hydrogens is 306 g/mol. The van der Waals surface area contributed by atoms with Crippen molar-refractivity contribution in [3.8, 4) is 0 Å². The molecule has 24 heavy (non-hydrogen) atoms. The van der Waals surface area contributed by atoms with Crippen molar-refractivity contribution in [2.45, 2.75) is 45.1 Å². The molecule has 128 valence electrons. The van der Waals surface area contributed by atoms with Gasteiger partial charge in [-0.1, -0.05) is 31.9 Å². The van der Waals surface area contributed by atoms with Crippen molar-refractivity contribution in [2.24, 2.45) is 5.92 Å². The fraction of sp³-hybridized carbons (Fsp3) is 0.500. The fourth-order valence-electron chi connectivity index (χ4n) is 3.71. The van der Waals surface area contributed by atoms with Crippen LogP contribution in [0.4, 0.5) is 10.5 Å². The third-order valence-corrected chi connectivity index (χ3v) is 5.10. The van der Waals surface area contributed by atoms with Gasteiger partial charge in [0.25, 0.3) is 5.91 Å². The van der Waals surface area contributed by atoms with Crippen molar-refractivity contribution < 1.29 is 14.4 Å². The van der Waals surface area contributed by atoms with Gasteiger partial charge >= 0.3 is 6.03 Å². The molecule has 3 rings (SSSR count). The Labute approximate surface area is 141 Å². The maximum Gasteiger partial charge on any atom is 0.325 e. The van der Waals surface area contributed by atoms with Gasteiger partial charge in [0.1, 0.15) is 12.1 Å². The Balaban J connectivity index is 1.70. The maximum absolute atomic E-state index is 12.8. The second-order valence-corrected chi connectivity index (χ2v) is 6.86. The first-order chi connectivity index (χ1) is 11.4. The van der Waals surface area contributed by atoms with Gasteiger partial charge in [-0.3, -0.25) is 14.5 Å². The van der Waals surface area contributed by atoms with Crippen molar-refractivity contribution in [3.63, 3.8) is 0 Å². The molecule has 1 spiro atoms. The predicted molar refractivity (Wildman–Crippen MR) is 90.4 cm³/mol. The van der Waals surface area contributed by atoms with Gasteiger partial charge in [-0.15, -0.1) is 0 Å². The van der Waals surface area contributed by atoms with Crippen molar-refractivity contribution in [1.29, 1.82) is 0 Å². The van der Waals surface area contributed by atoms with Crippen molar-refractivity contribution in [3.05, 3.63) is 29.8 Å². The van der Waals surface area contributed by atoms with Crippen LogP contribution in [0.2, 0.25) is 0 Å². The third kappa shape index (κ3) is 2.88. The molecule has 1 saturated heterocycles. The minimum Gasteiger partial charge on any atom is -0.325 e. The first-order valence-corrected chi connectivity index (χ1v) is 8.43. The highest BCUT2D eigenvalue weighted by Crippen LogP contribution is 2.38. The van der Waals surface area contributed by atoms with E-state index in [1.54, 1.807) is 6.07 Å². The van der Waals surface area contributed by atoms with Crippen LogP contribution < -0.4 is 10.6 Å². The van der Waals surface area contributed by atoms with Crippen LogP contribution in [0.25, 0.3) is 0 Å². The zero-order valence-corrected chi connectivity index (χ0v) is 14.1. The summed E-state index contributed by atoms with van der Waals surface area (Å²) in [5.74, 6) is -0.545. The summed E-state index contributed by atoms with van der Waals surface area (Å²) in [6.07, 6.45) is 3.55. The van der Waals surface area contributed by atoms with Gasteiger partial charge in [0.15, 0.2) is 0 Å². The largest absolute Gasteiger partial charge is 0.325 e. The molecule has 4 amide bonds. The van der Waals surface area contributed by atoms with E-state index < -0.39 is 11.6 Å². The van der Waals surface area contributed by atoms with E-state index in [4.69, 9.17) is 0 Å². The summed E-state index contributed by atoms with van der Waals surface area (Å²) in [6, 6.07) is 6.93. The standard InChI is InChI=1S/C18H23N3O3/c1-12-6-5-8-14(10-12)19-15(22)11-21-16(23)18(20-17(21)24)9-4-3-7-13(18)2/h5-6,8,10,13H,3-4,7,9,11H2,1-2H3,(H,19,22)(H,20,24)/t13-,18+/m0/s1. The minimum absolute atomic E-state index is 0.0903. The molecule has 6 heteroatoms. The summed E-state index contributed by atoms with van der Waals surface area (Å²) < 4.78 is 0.